The van der Waals surface area contributed by atoms with E-state index >= 15 is 0 Å². The average Bonchev–Trinajstić information content (AvgIpc) is 2.25. The SMILES string of the molecule is CCOC(=O)c1ccc(CC=O)c(O)c1O. The number of phenolic OH excluding ortho intramolecular Hbond substituents is 2. The van der Waals surface area contributed by atoms with Gasteiger partial charge in [-0.15, -0.1) is 0 Å². The summed E-state index contributed by atoms with van der Waals surface area (Å²) in [6, 6.07) is 2.71. The van der Waals surface area contributed by atoms with E-state index in [1.54, 1.807) is 6.92 Å². The number of carbonyl (C=O) groups excluding carboxylic acids is 2. The van der Waals surface area contributed by atoms with Crippen LogP contribution in [0.3, 0.4) is 0 Å². The van der Waals surface area contributed by atoms with E-state index in [1.807, 2.05) is 0 Å². The molecule has 5 heteroatoms. The van der Waals surface area contributed by atoms with Gasteiger partial charge in [-0.25, -0.2) is 4.79 Å². The standard InChI is InChI=1S/C11H12O5/c1-2-16-11(15)8-4-3-7(5-6-12)9(13)10(8)14/h3-4,6,13-14H,2,5H2,1H3. The van der Waals surface area contributed by atoms with Crippen molar-refractivity contribution in [1.29, 1.82) is 0 Å². The van der Waals surface area contributed by atoms with Crippen molar-refractivity contribution in [3.8, 4) is 11.5 Å². The summed E-state index contributed by atoms with van der Waals surface area (Å²) in [6.45, 7) is 1.81. The maximum absolute atomic E-state index is 11.3. The fraction of sp³-hybridized carbons (Fsp3) is 0.273. The number of rotatable bonds is 4. The van der Waals surface area contributed by atoms with Crippen molar-refractivity contribution in [1.82, 2.24) is 0 Å². The lowest BCUT2D eigenvalue weighted by Crippen LogP contribution is -2.05. The molecule has 5 nitrogen and oxygen atoms in total. The van der Waals surface area contributed by atoms with Gasteiger partial charge in [0.25, 0.3) is 0 Å². The highest BCUT2D eigenvalue weighted by molar-refractivity contribution is 5.93. The Morgan fingerprint density at radius 3 is 2.62 bits per heavy atom. The number of aldehydes is 1. The third-order valence-corrected chi connectivity index (χ3v) is 2.03. The van der Waals surface area contributed by atoms with Crippen molar-refractivity contribution < 1.29 is 24.5 Å². The largest absolute Gasteiger partial charge is 0.504 e. The first-order chi connectivity index (χ1) is 7.61. The molecule has 0 heterocycles. The molecule has 0 saturated carbocycles. The van der Waals surface area contributed by atoms with E-state index in [-0.39, 0.29) is 24.2 Å². The molecule has 0 spiro atoms. The van der Waals surface area contributed by atoms with E-state index in [0.717, 1.165) is 0 Å². The van der Waals surface area contributed by atoms with Crippen LogP contribution in [0, 0.1) is 0 Å². The number of benzene rings is 1. The fourth-order valence-electron chi connectivity index (χ4n) is 1.25. The zero-order valence-electron chi connectivity index (χ0n) is 8.77. The first-order valence-corrected chi connectivity index (χ1v) is 4.76. The quantitative estimate of drug-likeness (QED) is 0.453. The van der Waals surface area contributed by atoms with Crippen molar-refractivity contribution in [3.05, 3.63) is 23.3 Å². The smallest absolute Gasteiger partial charge is 0.342 e. The summed E-state index contributed by atoms with van der Waals surface area (Å²) < 4.78 is 4.68. The predicted octanol–water partition coefficient (Wildman–Crippen LogP) is 1.02. The maximum atomic E-state index is 11.3. The number of phenols is 2. The topological polar surface area (TPSA) is 83.8 Å². The lowest BCUT2D eigenvalue weighted by atomic mass is 10.1. The Morgan fingerprint density at radius 2 is 2.06 bits per heavy atom. The number of esters is 1. The molecule has 0 aliphatic heterocycles. The van der Waals surface area contributed by atoms with Crippen molar-refractivity contribution in [2.24, 2.45) is 0 Å². The van der Waals surface area contributed by atoms with Gasteiger partial charge in [0.05, 0.1) is 6.61 Å². The van der Waals surface area contributed by atoms with Crippen molar-refractivity contribution in [3.63, 3.8) is 0 Å². The van der Waals surface area contributed by atoms with Gasteiger partial charge in [-0.3, -0.25) is 0 Å². The molecule has 0 amide bonds. The Labute approximate surface area is 92.3 Å². The second-order valence-corrected chi connectivity index (χ2v) is 3.06. The van der Waals surface area contributed by atoms with Crippen LogP contribution in [0.15, 0.2) is 12.1 Å². The molecule has 1 aromatic rings. The summed E-state index contributed by atoms with van der Waals surface area (Å²) in [7, 11) is 0. The van der Waals surface area contributed by atoms with E-state index in [0.29, 0.717) is 6.29 Å². The minimum Gasteiger partial charge on any atom is -0.504 e. The second kappa shape index (κ2) is 5.16. The van der Waals surface area contributed by atoms with Crippen LogP contribution < -0.4 is 0 Å². The van der Waals surface area contributed by atoms with Gasteiger partial charge in [0.2, 0.25) is 0 Å². The van der Waals surface area contributed by atoms with Crippen LogP contribution in [-0.2, 0) is 16.0 Å². The molecular formula is C11H12O5. The normalized spacial score (nSPS) is 9.81. The Kier molecular flexibility index (Phi) is 3.88. The van der Waals surface area contributed by atoms with E-state index in [4.69, 9.17) is 0 Å². The van der Waals surface area contributed by atoms with Gasteiger partial charge in [0, 0.05) is 12.0 Å². The van der Waals surface area contributed by atoms with Crippen molar-refractivity contribution in [2.45, 2.75) is 13.3 Å². The summed E-state index contributed by atoms with van der Waals surface area (Å²) in [5.74, 6) is -1.73. The lowest BCUT2D eigenvalue weighted by Gasteiger charge is -2.08. The van der Waals surface area contributed by atoms with Crippen LogP contribution in [0.1, 0.15) is 22.8 Å². The van der Waals surface area contributed by atoms with Crippen LogP contribution in [-0.4, -0.2) is 29.1 Å². The third kappa shape index (κ3) is 2.31. The Bertz CT molecular complexity index is 411. The second-order valence-electron chi connectivity index (χ2n) is 3.06. The molecule has 0 aliphatic rings. The van der Waals surface area contributed by atoms with Crippen LogP contribution in [0.2, 0.25) is 0 Å². The average molecular weight is 224 g/mol. The van der Waals surface area contributed by atoms with E-state index in [2.05, 4.69) is 4.74 Å². The molecule has 1 aromatic carbocycles. The zero-order valence-corrected chi connectivity index (χ0v) is 8.77. The van der Waals surface area contributed by atoms with Gasteiger partial charge < -0.3 is 19.7 Å². The molecule has 0 bridgehead atoms. The number of carbonyl (C=O) groups is 2. The minimum atomic E-state index is -0.715. The minimum absolute atomic E-state index is 0.0253. The summed E-state index contributed by atoms with van der Waals surface area (Å²) >= 11 is 0. The molecule has 0 saturated heterocycles. The van der Waals surface area contributed by atoms with E-state index in [9.17, 15) is 19.8 Å². The first-order valence-electron chi connectivity index (χ1n) is 4.76. The highest BCUT2D eigenvalue weighted by Crippen LogP contribution is 2.33. The molecule has 0 aromatic heterocycles. The maximum Gasteiger partial charge on any atom is 0.342 e. The molecular weight excluding hydrogens is 212 g/mol. The third-order valence-electron chi connectivity index (χ3n) is 2.03. The molecule has 0 radical (unpaired) electrons. The Hall–Kier alpha value is -2.04. The number of ether oxygens (including phenoxy) is 1. The van der Waals surface area contributed by atoms with E-state index in [1.165, 1.54) is 12.1 Å². The molecule has 16 heavy (non-hydrogen) atoms. The van der Waals surface area contributed by atoms with Gasteiger partial charge in [0.15, 0.2) is 11.5 Å². The summed E-state index contributed by atoms with van der Waals surface area (Å²) in [6.07, 6.45) is 0.570. The zero-order chi connectivity index (χ0) is 12.1. The van der Waals surface area contributed by atoms with Gasteiger partial charge in [-0.2, -0.15) is 0 Å². The molecule has 0 fully saturated rings. The number of hydrogen-bond donors (Lipinski definition) is 2. The van der Waals surface area contributed by atoms with Gasteiger partial charge in [-0.1, -0.05) is 6.07 Å². The monoisotopic (exact) mass is 224 g/mol. The highest BCUT2D eigenvalue weighted by Gasteiger charge is 2.17. The fourth-order valence-corrected chi connectivity index (χ4v) is 1.25. The van der Waals surface area contributed by atoms with Crippen molar-refractivity contribution in [2.75, 3.05) is 6.61 Å². The lowest BCUT2D eigenvalue weighted by molar-refractivity contribution is -0.107. The molecule has 0 unspecified atom stereocenters. The van der Waals surface area contributed by atoms with Crippen molar-refractivity contribution >= 4 is 12.3 Å². The van der Waals surface area contributed by atoms with Crippen LogP contribution in [0.25, 0.3) is 0 Å². The Balaban J connectivity index is 3.11. The molecule has 86 valence electrons. The van der Waals surface area contributed by atoms with E-state index < -0.39 is 17.5 Å². The summed E-state index contributed by atoms with van der Waals surface area (Å²) in [5, 5.41) is 19.0. The van der Waals surface area contributed by atoms with Gasteiger partial charge in [-0.05, 0) is 13.0 Å². The van der Waals surface area contributed by atoms with Crippen LogP contribution in [0.4, 0.5) is 0 Å². The van der Waals surface area contributed by atoms with Gasteiger partial charge >= 0.3 is 5.97 Å². The van der Waals surface area contributed by atoms with Gasteiger partial charge in [0.1, 0.15) is 11.8 Å². The number of aromatic hydroxyl groups is 2. The van der Waals surface area contributed by atoms with Crippen LogP contribution in [0.5, 0.6) is 11.5 Å². The Morgan fingerprint density at radius 1 is 1.38 bits per heavy atom. The number of hydrogen-bond acceptors (Lipinski definition) is 5. The summed E-state index contributed by atoms with van der Waals surface area (Å²) in [5.41, 5.74) is 0.148. The molecule has 2 N–H and O–H groups in total. The predicted molar refractivity (Wildman–Crippen MR) is 55.5 cm³/mol. The van der Waals surface area contributed by atoms with Crippen LogP contribution >= 0.6 is 0 Å². The molecule has 0 atom stereocenters. The summed E-state index contributed by atoms with van der Waals surface area (Å²) in [4.78, 5) is 21.6. The first kappa shape index (κ1) is 12.0. The highest BCUT2D eigenvalue weighted by atomic mass is 16.5. The molecule has 1 rings (SSSR count). The molecule has 0 aliphatic carbocycles.